The number of rotatable bonds is 6. The number of nitrogens with one attached hydrogen (secondary N) is 1. The second-order valence-electron chi connectivity index (χ2n) is 7.53. The summed E-state index contributed by atoms with van der Waals surface area (Å²) < 4.78 is 18.5. The number of benzene rings is 1. The maximum Gasteiger partial charge on any atom is 0.220 e. The summed E-state index contributed by atoms with van der Waals surface area (Å²) in [5.41, 5.74) is 1.03. The molecule has 0 saturated carbocycles. The molecule has 2 heterocycles. The molecule has 5 nitrogen and oxygen atoms in total. The van der Waals surface area contributed by atoms with Crippen molar-refractivity contribution in [2.75, 3.05) is 53.0 Å². The number of carbonyl (C=O) groups excluding carboxylic acids is 1. The second-order valence-corrected chi connectivity index (χ2v) is 7.53. The number of ether oxygens (including phenoxy) is 1. The topological polar surface area (TPSA) is 44.8 Å². The van der Waals surface area contributed by atoms with E-state index >= 15 is 0 Å². The Balaban J connectivity index is 1.53. The normalized spacial score (nSPS) is 21.5. The average Bonchev–Trinajstić information content (AvgIpc) is 2.68. The largest absolute Gasteiger partial charge is 0.379 e. The van der Waals surface area contributed by atoms with Gasteiger partial charge in [0.2, 0.25) is 5.91 Å². The first-order valence-electron chi connectivity index (χ1n) is 9.60. The van der Waals surface area contributed by atoms with Crippen molar-refractivity contribution in [2.45, 2.75) is 31.2 Å². The van der Waals surface area contributed by atoms with E-state index in [1.165, 1.54) is 12.1 Å². The van der Waals surface area contributed by atoms with Crippen LogP contribution < -0.4 is 5.32 Å². The van der Waals surface area contributed by atoms with Crippen LogP contribution in [0.3, 0.4) is 0 Å². The van der Waals surface area contributed by atoms with E-state index < -0.39 is 0 Å². The van der Waals surface area contributed by atoms with Gasteiger partial charge in [-0.2, -0.15) is 0 Å². The van der Waals surface area contributed by atoms with Gasteiger partial charge in [-0.1, -0.05) is 12.1 Å². The Labute approximate surface area is 155 Å². The minimum absolute atomic E-state index is 0.0435. The van der Waals surface area contributed by atoms with Crippen molar-refractivity contribution in [1.82, 2.24) is 15.1 Å². The van der Waals surface area contributed by atoms with Crippen LogP contribution in [0, 0.1) is 5.82 Å². The number of aryl methyl sites for hydroxylation is 1. The number of nitrogens with zero attached hydrogens (tertiary/aromatic N) is 2. The zero-order valence-electron chi connectivity index (χ0n) is 15.7. The summed E-state index contributed by atoms with van der Waals surface area (Å²) in [7, 11) is 2.16. The minimum Gasteiger partial charge on any atom is -0.379 e. The maximum absolute atomic E-state index is 13.0. The Morgan fingerprint density at radius 2 is 1.81 bits per heavy atom. The lowest BCUT2D eigenvalue weighted by molar-refractivity contribution is -0.122. The first-order valence-corrected chi connectivity index (χ1v) is 9.60. The molecule has 1 amide bonds. The predicted octanol–water partition coefficient (Wildman–Crippen LogP) is 1.67. The van der Waals surface area contributed by atoms with Gasteiger partial charge in [0.25, 0.3) is 0 Å². The second kappa shape index (κ2) is 8.93. The fourth-order valence-electron chi connectivity index (χ4n) is 3.94. The van der Waals surface area contributed by atoms with Crippen LogP contribution in [0.4, 0.5) is 4.39 Å². The van der Waals surface area contributed by atoms with Crippen LogP contribution in [0.5, 0.6) is 0 Å². The number of carbonyl (C=O) groups is 1. The van der Waals surface area contributed by atoms with Crippen molar-refractivity contribution in [3.63, 3.8) is 0 Å². The number of halogens is 1. The first kappa shape index (κ1) is 19.3. The zero-order valence-corrected chi connectivity index (χ0v) is 15.7. The molecule has 0 aliphatic carbocycles. The molecule has 26 heavy (non-hydrogen) atoms. The van der Waals surface area contributed by atoms with Crippen LogP contribution in [0.25, 0.3) is 0 Å². The van der Waals surface area contributed by atoms with Crippen LogP contribution >= 0.6 is 0 Å². The highest BCUT2D eigenvalue weighted by Crippen LogP contribution is 2.29. The molecule has 0 spiro atoms. The molecule has 1 N–H and O–H groups in total. The summed E-state index contributed by atoms with van der Waals surface area (Å²) >= 11 is 0. The lowest BCUT2D eigenvalue weighted by Gasteiger charge is -2.49. The lowest BCUT2D eigenvalue weighted by Crippen LogP contribution is -2.62. The summed E-state index contributed by atoms with van der Waals surface area (Å²) in [4.78, 5) is 17.3. The van der Waals surface area contributed by atoms with Gasteiger partial charge in [-0.3, -0.25) is 9.69 Å². The number of hydrogen-bond acceptors (Lipinski definition) is 4. The lowest BCUT2D eigenvalue weighted by atomic mass is 9.85. The third kappa shape index (κ3) is 5.02. The smallest absolute Gasteiger partial charge is 0.220 e. The Bertz CT molecular complexity index is 579. The highest BCUT2D eigenvalue weighted by Gasteiger charge is 2.39. The summed E-state index contributed by atoms with van der Waals surface area (Å²) in [6, 6.07) is 6.38. The van der Waals surface area contributed by atoms with E-state index in [9.17, 15) is 9.18 Å². The number of amides is 1. The Hall–Kier alpha value is -1.50. The van der Waals surface area contributed by atoms with Gasteiger partial charge in [0.05, 0.1) is 13.2 Å². The van der Waals surface area contributed by atoms with Gasteiger partial charge < -0.3 is 15.0 Å². The summed E-state index contributed by atoms with van der Waals surface area (Å²) in [5, 5.41) is 3.17. The summed E-state index contributed by atoms with van der Waals surface area (Å²) in [6.07, 6.45) is 3.22. The molecule has 0 radical (unpaired) electrons. The van der Waals surface area contributed by atoms with Crippen molar-refractivity contribution < 1.29 is 13.9 Å². The van der Waals surface area contributed by atoms with E-state index in [2.05, 4.69) is 22.2 Å². The molecular formula is C20H30FN3O2. The molecule has 2 aliphatic heterocycles. The van der Waals surface area contributed by atoms with Crippen LogP contribution in [0.2, 0.25) is 0 Å². The van der Waals surface area contributed by atoms with Crippen molar-refractivity contribution in [1.29, 1.82) is 0 Å². The Kier molecular flexibility index (Phi) is 6.62. The van der Waals surface area contributed by atoms with Crippen LogP contribution in [0.1, 0.15) is 24.8 Å². The minimum atomic E-state index is -0.243. The molecule has 2 aliphatic rings. The average molecular weight is 363 g/mol. The number of hydrogen-bond donors (Lipinski definition) is 1. The molecule has 0 bridgehead atoms. The highest BCUT2D eigenvalue weighted by molar-refractivity contribution is 5.76. The SMILES string of the molecule is CN1CCC(CNC(=O)CCc2ccc(F)cc2)(N2CCOCC2)CC1. The molecule has 0 unspecified atom stereocenters. The number of piperidine rings is 1. The van der Waals surface area contributed by atoms with Crippen molar-refractivity contribution in [2.24, 2.45) is 0 Å². The van der Waals surface area contributed by atoms with Gasteiger partial charge in [0.1, 0.15) is 5.82 Å². The van der Waals surface area contributed by atoms with Gasteiger partial charge >= 0.3 is 0 Å². The van der Waals surface area contributed by atoms with E-state index in [1.54, 1.807) is 12.1 Å². The summed E-state index contributed by atoms with van der Waals surface area (Å²) in [5.74, 6) is -0.172. The fourth-order valence-corrected chi connectivity index (χ4v) is 3.94. The molecule has 0 aromatic heterocycles. The molecular weight excluding hydrogens is 333 g/mol. The quantitative estimate of drug-likeness (QED) is 0.835. The van der Waals surface area contributed by atoms with E-state index in [0.29, 0.717) is 19.4 Å². The molecule has 0 atom stereocenters. The van der Waals surface area contributed by atoms with E-state index in [4.69, 9.17) is 4.74 Å². The van der Waals surface area contributed by atoms with Gasteiger partial charge in [0, 0.05) is 31.6 Å². The van der Waals surface area contributed by atoms with Crippen LogP contribution in [0.15, 0.2) is 24.3 Å². The predicted molar refractivity (Wildman–Crippen MR) is 99.6 cm³/mol. The molecule has 1 aromatic rings. The van der Waals surface area contributed by atoms with Gasteiger partial charge in [-0.05, 0) is 57.1 Å². The molecule has 6 heteroatoms. The molecule has 1 aromatic carbocycles. The van der Waals surface area contributed by atoms with Crippen LogP contribution in [-0.4, -0.2) is 74.2 Å². The fraction of sp³-hybridized carbons (Fsp3) is 0.650. The molecule has 2 saturated heterocycles. The summed E-state index contributed by atoms with van der Waals surface area (Å²) in [6.45, 7) is 6.24. The maximum atomic E-state index is 13.0. The molecule has 144 valence electrons. The highest BCUT2D eigenvalue weighted by atomic mass is 19.1. The van der Waals surface area contributed by atoms with E-state index in [-0.39, 0.29) is 17.3 Å². The first-order chi connectivity index (χ1) is 12.6. The molecule has 3 rings (SSSR count). The monoisotopic (exact) mass is 363 g/mol. The third-order valence-corrected chi connectivity index (χ3v) is 5.77. The Morgan fingerprint density at radius 1 is 1.15 bits per heavy atom. The van der Waals surface area contributed by atoms with Crippen molar-refractivity contribution >= 4 is 5.91 Å². The van der Waals surface area contributed by atoms with Gasteiger partial charge in [-0.25, -0.2) is 4.39 Å². The number of likely N-dealkylation sites (tertiary alicyclic amines) is 1. The third-order valence-electron chi connectivity index (χ3n) is 5.77. The molecule has 2 fully saturated rings. The van der Waals surface area contributed by atoms with E-state index in [1.807, 2.05) is 0 Å². The zero-order chi connectivity index (χ0) is 18.4. The Morgan fingerprint density at radius 3 is 2.46 bits per heavy atom. The van der Waals surface area contributed by atoms with E-state index in [0.717, 1.165) is 57.8 Å². The van der Waals surface area contributed by atoms with Gasteiger partial charge in [0.15, 0.2) is 0 Å². The van der Waals surface area contributed by atoms with Crippen LogP contribution in [-0.2, 0) is 16.0 Å². The van der Waals surface area contributed by atoms with Gasteiger partial charge in [-0.15, -0.1) is 0 Å². The van der Waals surface area contributed by atoms with Crippen molar-refractivity contribution in [3.8, 4) is 0 Å². The number of morpholine rings is 1. The standard InChI is InChI=1S/C20H30FN3O2/c1-23-10-8-20(9-11-23,24-12-14-26-15-13-24)16-22-19(25)7-4-17-2-5-18(21)6-3-17/h2-3,5-6H,4,7-16H2,1H3,(H,22,25). The van der Waals surface area contributed by atoms with Crippen molar-refractivity contribution in [3.05, 3.63) is 35.6 Å².